The van der Waals surface area contributed by atoms with Gasteiger partial charge in [-0.3, -0.25) is 0 Å². The highest BCUT2D eigenvalue weighted by molar-refractivity contribution is 6.00. The number of halogens is 2. The van der Waals surface area contributed by atoms with Gasteiger partial charge in [0.1, 0.15) is 17.5 Å². The lowest BCUT2D eigenvalue weighted by atomic mass is 9.97. The van der Waals surface area contributed by atoms with Crippen molar-refractivity contribution in [2.75, 3.05) is 5.73 Å². The van der Waals surface area contributed by atoms with Crippen LogP contribution in [-0.4, -0.2) is 14.8 Å². The third-order valence-corrected chi connectivity index (χ3v) is 4.34. The summed E-state index contributed by atoms with van der Waals surface area (Å²) < 4.78 is 28.9. The summed E-state index contributed by atoms with van der Waals surface area (Å²) >= 11 is 0. The summed E-state index contributed by atoms with van der Waals surface area (Å²) in [5, 5.41) is 14.7. The third-order valence-electron chi connectivity index (χ3n) is 4.34. The number of hydrogen-bond acceptors (Lipinski definition) is 4. The van der Waals surface area contributed by atoms with Gasteiger partial charge in [-0.2, -0.15) is 10.4 Å². The van der Waals surface area contributed by atoms with Crippen LogP contribution in [0.2, 0.25) is 0 Å². The molecule has 5 nitrogen and oxygen atoms in total. The Labute approximate surface area is 153 Å². The van der Waals surface area contributed by atoms with E-state index in [1.54, 1.807) is 11.6 Å². The molecule has 0 unspecified atom stereocenters. The van der Waals surface area contributed by atoms with Gasteiger partial charge in [0.15, 0.2) is 17.3 Å². The van der Waals surface area contributed by atoms with Gasteiger partial charge in [-0.05, 0) is 36.8 Å². The highest BCUT2D eigenvalue weighted by Gasteiger charge is 2.22. The van der Waals surface area contributed by atoms with Gasteiger partial charge >= 0.3 is 0 Å². The first kappa shape index (κ1) is 16.7. The van der Waals surface area contributed by atoms with Gasteiger partial charge in [0, 0.05) is 5.56 Å². The Bertz CT molecular complexity index is 1220. The van der Waals surface area contributed by atoms with Gasteiger partial charge in [0.2, 0.25) is 0 Å². The molecular weight excluding hydrogens is 348 g/mol. The van der Waals surface area contributed by atoms with Crippen LogP contribution in [0, 0.1) is 29.9 Å². The summed E-state index contributed by atoms with van der Waals surface area (Å²) in [6, 6.07) is 14.8. The molecule has 2 aromatic carbocycles. The monoisotopic (exact) mass is 361 g/mol. The van der Waals surface area contributed by atoms with Crippen molar-refractivity contribution in [2.45, 2.75) is 6.92 Å². The second kappa shape index (κ2) is 6.18. The fourth-order valence-electron chi connectivity index (χ4n) is 3.14. The van der Waals surface area contributed by atoms with E-state index in [1.807, 2.05) is 36.4 Å². The van der Waals surface area contributed by atoms with Gasteiger partial charge in [0.25, 0.3) is 0 Å². The van der Waals surface area contributed by atoms with E-state index in [0.717, 1.165) is 17.8 Å². The number of nitrogens with zero attached hydrogens (tertiary/aromatic N) is 4. The Morgan fingerprint density at radius 3 is 2.48 bits per heavy atom. The largest absolute Gasteiger partial charge is 0.383 e. The molecule has 0 fully saturated rings. The summed E-state index contributed by atoms with van der Waals surface area (Å²) in [7, 11) is 0. The topological polar surface area (TPSA) is 80.5 Å². The molecule has 2 heterocycles. The number of anilines is 1. The highest BCUT2D eigenvalue weighted by atomic mass is 19.2. The third kappa shape index (κ3) is 2.59. The normalized spacial score (nSPS) is 10.9. The molecule has 4 rings (SSSR count). The molecule has 4 aromatic rings. The predicted octanol–water partition coefficient (Wildman–Crippen LogP) is 4.13. The van der Waals surface area contributed by atoms with E-state index in [-0.39, 0.29) is 11.4 Å². The number of rotatable bonds is 2. The Morgan fingerprint density at radius 2 is 1.81 bits per heavy atom. The van der Waals surface area contributed by atoms with Gasteiger partial charge in [0.05, 0.1) is 16.8 Å². The zero-order valence-corrected chi connectivity index (χ0v) is 14.2. The van der Waals surface area contributed by atoms with Crippen LogP contribution in [0.1, 0.15) is 11.3 Å². The van der Waals surface area contributed by atoms with Crippen molar-refractivity contribution in [2.24, 2.45) is 0 Å². The molecule has 0 amide bonds. The summed E-state index contributed by atoms with van der Waals surface area (Å²) in [5.74, 6) is -1.97. The number of fused-ring (bicyclic) bond motifs is 1. The van der Waals surface area contributed by atoms with E-state index in [2.05, 4.69) is 10.1 Å². The van der Waals surface area contributed by atoms with Crippen LogP contribution in [0.3, 0.4) is 0 Å². The molecule has 0 atom stereocenters. The van der Waals surface area contributed by atoms with Crippen molar-refractivity contribution >= 4 is 16.9 Å². The van der Waals surface area contributed by atoms with Crippen LogP contribution in [-0.2, 0) is 0 Å². The molecule has 7 heteroatoms. The van der Waals surface area contributed by atoms with Crippen LogP contribution in [0.5, 0.6) is 0 Å². The molecule has 0 aliphatic heterocycles. The number of nitrogen functional groups attached to an aromatic ring is 1. The van der Waals surface area contributed by atoms with E-state index in [1.165, 1.54) is 6.07 Å². The molecular formula is C20H13F2N5. The highest BCUT2D eigenvalue weighted by Crippen LogP contribution is 2.36. The second-order valence-corrected chi connectivity index (χ2v) is 6.02. The molecule has 0 bridgehead atoms. The Hall–Kier alpha value is -3.79. The second-order valence-electron chi connectivity index (χ2n) is 6.02. The predicted molar refractivity (Wildman–Crippen MR) is 98.1 cm³/mol. The lowest BCUT2D eigenvalue weighted by Crippen LogP contribution is -2.03. The van der Waals surface area contributed by atoms with E-state index < -0.39 is 11.6 Å². The van der Waals surface area contributed by atoms with E-state index in [0.29, 0.717) is 27.9 Å². The Kier molecular flexibility index (Phi) is 3.81. The molecule has 2 N–H and O–H groups in total. The van der Waals surface area contributed by atoms with Crippen molar-refractivity contribution in [3.63, 3.8) is 0 Å². The Balaban J connectivity index is 2.13. The summed E-state index contributed by atoms with van der Waals surface area (Å²) in [4.78, 5) is 4.36. The molecule has 27 heavy (non-hydrogen) atoms. The molecule has 0 spiro atoms. The van der Waals surface area contributed by atoms with Gasteiger partial charge in [-0.1, -0.05) is 24.3 Å². The quantitative estimate of drug-likeness (QED) is 0.582. The number of para-hydroxylation sites is 1. The minimum Gasteiger partial charge on any atom is -0.383 e. The maximum absolute atomic E-state index is 13.8. The van der Waals surface area contributed by atoms with Crippen molar-refractivity contribution in [3.05, 3.63) is 71.4 Å². The molecule has 132 valence electrons. The number of nitriles is 1. The molecule has 0 radical (unpaired) electrons. The first-order valence-electron chi connectivity index (χ1n) is 8.11. The van der Waals surface area contributed by atoms with Crippen LogP contribution < -0.4 is 5.73 Å². The molecule has 0 aliphatic carbocycles. The van der Waals surface area contributed by atoms with E-state index in [9.17, 15) is 14.0 Å². The van der Waals surface area contributed by atoms with Crippen molar-refractivity contribution in [3.8, 4) is 22.9 Å². The maximum atomic E-state index is 13.8. The van der Waals surface area contributed by atoms with Crippen molar-refractivity contribution in [1.29, 1.82) is 5.26 Å². The summed E-state index contributed by atoms with van der Waals surface area (Å²) in [6.45, 7) is 1.77. The summed E-state index contributed by atoms with van der Waals surface area (Å²) in [5.41, 5.74) is 8.64. The fraction of sp³-hybridized carbons (Fsp3) is 0.0500. The number of aryl methyl sites for hydroxylation is 1. The maximum Gasteiger partial charge on any atom is 0.166 e. The average molecular weight is 361 g/mol. The molecule has 0 saturated carbocycles. The van der Waals surface area contributed by atoms with Gasteiger partial charge in [-0.15, -0.1) is 0 Å². The minimum absolute atomic E-state index is 0.00168. The van der Waals surface area contributed by atoms with Crippen LogP contribution in [0.25, 0.3) is 27.8 Å². The van der Waals surface area contributed by atoms with Gasteiger partial charge in [-0.25, -0.2) is 18.4 Å². The smallest absolute Gasteiger partial charge is 0.166 e. The first-order chi connectivity index (χ1) is 13.0. The van der Waals surface area contributed by atoms with E-state index in [4.69, 9.17) is 5.73 Å². The lowest BCUT2D eigenvalue weighted by Gasteiger charge is -2.10. The van der Waals surface area contributed by atoms with E-state index >= 15 is 0 Å². The SMILES string of the molecule is Cc1nn(-c2ccccc2)c2nc(N)c(C#N)c(-c3ccc(F)c(F)c3)c12. The molecule has 2 aromatic heterocycles. The molecule has 0 saturated heterocycles. The van der Waals surface area contributed by atoms with Crippen LogP contribution in [0.4, 0.5) is 14.6 Å². The van der Waals surface area contributed by atoms with Crippen molar-refractivity contribution < 1.29 is 8.78 Å². The zero-order chi connectivity index (χ0) is 19.1. The van der Waals surface area contributed by atoms with Crippen LogP contribution in [0.15, 0.2) is 48.5 Å². The Morgan fingerprint density at radius 1 is 1.07 bits per heavy atom. The minimum atomic E-state index is -1.01. The van der Waals surface area contributed by atoms with Gasteiger partial charge < -0.3 is 5.73 Å². The zero-order valence-electron chi connectivity index (χ0n) is 14.2. The van der Waals surface area contributed by atoms with Crippen LogP contribution >= 0.6 is 0 Å². The number of hydrogen-bond donors (Lipinski definition) is 1. The van der Waals surface area contributed by atoms with Crippen molar-refractivity contribution in [1.82, 2.24) is 14.8 Å². The average Bonchev–Trinajstić information content (AvgIpc) is 2.99. The summed E-state index contributed by atoms with van der Waals surface area (Å²) in [6.07, 6.45) is 0. The lowest BCUT2D eigenvalue weighted by molar-refractivity contribution is 0.509. The fourth-order valence-corrected chi connectivity index (χ4v) is 3.14. The number of pyridine rings is 1. The molecule has 0 aliphatic rings. The first-order valence-corrected chi connectivity index (χ1v) is 8.11. The number of aromatic nitrogens is 3. The number of benzene rings is 2. The number of nitrogens with two attached hydrogens (primary N) is 1. The standard InChI is InChI=1S/C20H13F2N5/c1-11-17-18(12-7-8-15(21)16(22)9-12)14(10-23)19(24)25-20(17)27(26-11)13-5-3-2-4-6-13/h2-9H,1H3,(H2,24,25).